The molecule has 1 aliphatic carbocycles. The molecule has 4 atom stereocenters. The molecule has 0 amide bonds. The molecular formula is C22H34O5. The standard InChI is InChI=1S/C22H34O5/c1-3-4-9-16(2)14-17(23)12-13-19-18(20(24)15-21(19)25)10-7-5-6-8-11-22(26)27/h8,11-13,16,18-19,21,25H,3-7,9-10,14-15H2,1-2H3,(H,26,27)/b11-8+,13-12+/t16-,18+,19+,21+/m0/s1/i2D3. The topological polar surface area (TPSA) is 91.7 Å². The summed E-state index contributed by atoms with van der Waals surface area (Å²) >= 11 is 0. The third-order valence-corrected chi connectivity index (χ3v) is 4.99. The Morgan fingerprint density at radius 2 is 2.07 bits per heavy atom. The van der Waals surface area contributed by atoms with E-state index in [1.54, 1.807) is 12.2 Å². The van der Waals surface area contributed by atoms with Gasteiger partial charge in [0.05, 0.1) is 6.10 Å². The quantitative estimate of drug-likeness (QED) is 0.370. The van der Waals surface area contributed by atoms with E-state index >= 15 is 0 Å². The Labute approximate surface area is 166 Å². The third kappa shape index (κ3) is 9.14. The minimum absolute atomic E-state index is 0.0333. The molecule has 152 valence electrons. The van der Waals surface area contributed by atoms with E-state index in [-0.39, 0.29) is 30.3 Å². The first-order valence-electron chi connectivity index (χ1n) is 11.4. The molecule has 0 aromatic rings. The number of aliphatic hydroxyl groups is 1. The summed E-state index contributed by atoms with van der Waals surface area (Å²) in [7, 11) is 0. The van der Waals surface area contributed by atoms with Crippen molar-refractivity contribution in [3.8, 4) is 0 Å². The van der Waals surface area contributed by atoms with Crippen LogP contribution in [0, 0.1) is 17.8 Å². The van der Waals surface area contributed by atoms with Crippen molar-refractivity contribution in [2.75, 3.05) is 0 Å². The van der Waals surface area contributed by atoms with Crippen LogP contribution in [0.1, 0.15) is 75.7 Å². The highest BCUT2D eigenvalue weighted by Crippen LogP contribution is 2.34. The number of carbonyl (C=O) groups is 3. The smallest absolute Gasteiger partial charge is 0.327 e. The Kier molecular flexibility index (Phi) is 8.69. The van der Waals surface area contributed by atoms with Crippen molar-refractivity contribution in [3.63, 3.8) is 0 Å². The number of carbonyl (C=O) groups excluding carboxylic acids is 2. The van der Waals surface area contributed by atoms with Crippen LogP contribution in [0.15, 0.2) is 24.3 Å². The molecule has 1 rings (SSSR count). The van der Waals surface area contributed by atoms with Gasteiger partial charge in [0.1, 0.15) is 5.78 Å². The van der Waals surface area contributed by atoms with Crippen molar-refractivity contribution >= 4 is 17.5 Å². The second kappa shape index (κ2) is 12.6. The summed E-state index contributed by atoms with van der Waals surface area (Å²) in [5.74, 6) is -2.82. The van der Waals surface area contributed by atoms with Gasteiger partial charge in [-0.3, -0.25) is 9.59 Å². The molecule has 27 heavy (non-hydrogen) atoms. The molecule has 2 N–H and O–H groups in total. The summed E-state index contributed by atoms with van der Waals surface area (Å²) in [5.41, 5.74) is 0. The zero-order valence-corrected chi connectivity index (χ0v) is 16.1. The molecule has 1 saturated carbocycles. The fourth-order valence-electron chi connectivity index (χ4n) is 3.48. The van der Waals surface area contributed by atoms with Gasteiger partial charge in [-0.1, -0.05) is 51.6 Å². The van der Waals surface area contributed by atoms with Crippen molar-refractivity contribution in [1.29, 1.82) is 0 Å². The monoisotopic (exact) mass is 381 g/mol. The number of hydrogen-bond donors (Lipinski definition) is 2. The van der Waals surface area contributed by atoms with E-state index in [2.05, 4.69) is 0 Å². The highest BCUT2D eigenvalue weighted by atomic mass is 16.4. The van der Waals surface area contributed by atoms with Gasteiger partial charge >= 0.3 is 5.97 Å². The molecule has 0 radical (unpaired) electrons. The lowest BCUT2D eigenvalue weighted by molar-refractivity contribution is -0.131. The maximum Gasteiger partial charge on any atom is 0.327 e. The molecule has 1 fully saturated rings. The minimum atomic E-state index is -2.18. The normalized spacial score (nSPS) is 26.2. The lowest BCUT2D eigenvalue weighted by Crippen LogP contribution is -2.19. The van der Waals surface area contributed by atoms with E-state index in [1.807, 2.05) is 6.92 Å². The molecule has 0 aromatic carbocycles. The highest BCUT2D eigenvalue weighted by Gasteiger charge is 2.39. The van der Waals surface area contributed by atoms with Gasteiger partial charge in [-0.05, 0) is 31.3 Å². The van der Waals surface area contributed by atoms with E-state index in [9.17, 15) is 19.5 Å². The first-order valence-corrected chi connectivity index (χ1v) is 9.87. The molecule has 0 saturated heterocycles. The number of unbranched alkanes of at least 4 members (excludes halogenated alkanes) is 3. The predicted octanol–water partition coefficient (Wildman–Crippen LogP) is 4.10. The van der Waals surface area contributed by atoms with Crippen molar-refractivity contribution in [1.82, 2.24) is 0 Å². The Balaban J connectivity index is 2.63. The van der Waals surface area contributed by atoms with Crippen LogP contribution < -0.4 is 0 Å². The second-order valence-electron chi connectivity index (χ2n) is 7.32. The maximum atomic E-state index is 12.3. The first kappa shape index (κ1) is 18.6. The zero-order chi connectivity index (χ0) is 22.7. The van der Waals surface area contributed by atoms with E-state index < -0.39 is 30.8 Å². The number of carboxylic acid groups (broad SMARTS) is 1. The van der Waals surface area contributed by atoms with E-state index in [0.29, 0.717) is 25.7 Å². The molecule has 0 spiro atoms. The summed E-state index contributed by atoms with van der Waals surface area (Å²) in [5, 5.41) is 18.8. The molecule has 0 aromatic heterocycles. The first-order chi connectivity index (χ1) is 14.1. The number of Topliss-reactive ketones (excluding diaryl/α,β-unsaturated/α-hetero) is 1. The van der Waals surface area contributed by atoms with Gasteiger partial charge in [-0.25, -0.2) is 4.79 Å². The van der Waals surface area contributed by atoms with Crippen LogP contribution in [-0.4, -0.2) is 33.9 Å². The molecule has 5 heteroatoms. The van der Waals surface area contributed by atoms with Gasteiger partial charge in [-0.2, -0.15) is 0 Å². The summed E-state index contributed by atoms with van der Waals surface area (Å²) < 4.78 is 22.9. The van der Waals surface area contributed by atoms with E-state index in [4.69, 9.17) is 9.22 Å². The SMILES string of the molecule is [2H]C([2H])([2H])[C@@H](CCCC)CC(=O)/C=C/[C@H]1[C@H](O)CC(=O)[C@@H]1CCCC/C=C/C(=O)O. The van der Waals surface area contributed by atoms with Gasteiger partial charge in [0.15, 0.2) is 5.78 Å². The van der Waals surface area contributed by atoms with Gasteiger partial charge in [0.25, 0.3) is 0 Å². The van der Waals surface area contributed by atoms with Crippen LogP contribution in [0.2, 0.25) is 0 Å². The third-order valence-electron chi connectivity index (χ3n) is 4.99. The zero-order valence-electron chi connectivity index (χ0n) is 19.1. The van der Waals surface area contributed by atoms with Crippen LogP contribution in [0.5, 0.6) is 0 Å². The van der Waals surface area contributed by atoms with E-state index in [1.165, 1.54) is 6.08 Å². The number of rotatable bonds is 13. The highest BCUT2D eigenvalue weighted by molar-refractivity contribution is 5.90. The van der Waals surface area contributed by atoms with Crippen molar-refractivity contribution < 1.29 is 28.7 Å². The van der Waals surface area contributed by atoms with Crippen molar-refractivity contribution in [2.45, 2.75) is 77.7 Å². The van der Waals surface area contributed by atoms with Gasteiger partial charge in [0.2, 0.25) is 0 Å². The summed E-state index contributed by atoms with van der Waals surface area (Å²) in [4.78, 5) is 35.0. The molecular weight excluding hydrogens is 344 g/mol. The van der Waals surface area contributed by atoms with Crippen molar-refractivity contribution in [2.24, 2.45) is 17.8 Å². The largest absolute Gasteiger partial charge is 0.478 e. The minimum Gasteiger partial charge on any atom is -0.478 e. The maximum absolute atomic E-state index is 12.3. The van der Waals surface area contributed by atoms with Crippen molar-refractivity contribution in [3.05, 3.63) is 24.3 Å². The summed E-state index contributed by atoms with van der Waals surface area (Å²) in [6.45, 7) is -0.210. The van der Waals surface area contributed by atoms with Crippen LogP contribution in [0.4, 0.5) is 0 Å². The molecule has 0 heterocycles. The van der Waals surface area contributed by atoms with Gasteiger partial charge in [-0.15, -0.1) is 0 Å². The molecule has 0 aliphatic heterocycles. The lowest BCUT2D eigenvalue weighted by Gasteiger charge is -2.17. The molecule has 0 unspecified atom stereocenters. The number of carboxylic acids is 1. The Bertz CT molecular complexity index is 639. The lowest BCUT2D eigenvalue weighted by atomic mass is 9.88. The van der Waals surface area contributed by atoms with Gasteiger partial charge in [0, 0.05) is 34.9 Å². The Morgan fingerprint density at radius 1 is 1.30 bits per heavy atom. The number of allylic oxidation sites excluding steroid dienone is 2. The van der Waals surface area contributed by atoms with Crippen LogP contribution in [0.3, 0.4) is 0 Å². The number of ketones is 2. The van der Waals surface area contributed by atoms with Gasteiger partial charge < -0.3 is 10.2 Å². The number of aliphatic hydroxyl groups excluding tert-OH is 1. The summed E-state index contributed by atoms with van der Waals surface area (Å²) in [6, 6.07) is 0. The molecule has 0 bridgehead atoms. The second-order valence-corrected chi connectivity index (χ2v) is 7.32. The average molecular weight is 382 g/mol. The fraction of sp³-hybridized carbons (Fsp3) is 0.682. The number of hydrogen-bond acceptors (Lipinski definition) is 4. The predicted molar refractivity (Wildman–Crippen MR) is 105 cm³/mol. The summed E-state index contributed by atoms with van der Waals surface area (Å²) in [6.07, 6.45) is 9.41. The van der Waals surface area contributed by atoms with Crippen LogP contribution in [0.25, 0.3) is 0 Å². The molecule has 1 aliphatic rings. The Hall–Kier alpha value is -1.75. The molecule has 5 nitrogen and oxygen atoms in total. The number of aliphatic carboxylic acids is 1. The van der Waals surface area contributed by atoms with Crippen LogP contribution in [-0.2, 0) is 14.4 Å². The van der Waals surface area contributed by atoms with E-state index in [0.717, 1.165) is 25.3 Å². The van der Waals surface area contributed by atoms with Crippen LogP contribution >= 0.6 is 0 Å². The average Bonchev–Trinajstić information content (AvgIpc) is 2.91. The fourth-order valence-corrected chi connectivity index (χ4v) is 3.48. The Morgan fingerprint density at radius 3 is 2.74 bits per heavy atom.